The maximum Gasteiger partial charge on any atom is 0.306 e. The van der Waals surface area contributed by atoms with Gasteiger partial charge in [0.25, 0.3) is 0 Å². The molecule has 88 valence electrons. The van der Waals surface area contributed by atoms with E-state index < -0.39 is 23.5 Å². The predicted octanol–water partition coefficient (Wildman–Crippen LogP) is 2.36. The number of phenols is 1. The van der Waals surface area contributed by atoms with Crippen LogP contribution in [0.4, 0.5) is 4.39 Å². The molecule has 0 radical (unpaired) electrons. The Kier molecular flexibility index (Phi) is 3.88. The minimum absolute atomic E-state index is 0.131. The number of carboxylic acids is 1. The van der Waals surface area contributed by atoms with Gasteiger partial charge in [-0.25, -0.2) is 4.39 Å². The van der Waals surface area contributed by atoms with E-state index in [4.69, 9.17) is 5.11 Å². The van der Waals surface area contributed by atoms with Gasteiger partial charge in [-0.05, 0) is 30.0 Å². The van der Waals surface area contributed by atoms with Crippen molar-refractivity contribution in [2.24, 2.45) is 5.92 Å². The van der Waals surface area contributed by atoms with Gasteiger partial charge in [0.1, 0.15) is 0 Å². The average molecular weight is 226 g/mol. The number of hydrogen-bond acceptors (Lipinski definition) is 2. The fourth-order valence-electron chi connectivity index (χ4n) is 1.50. The van der Waals surface area contributed by atoms with Crippen molar-refractivity contribution in [1.82, 2.24) is 0 Å². The third kappa shape index (κ3) is 2.72. The van der Waals surface area contributed by atoms with Crippen molar-refractivity contribution in [3.05, 3.63) is 29.1 Å². The molecule has 1 rings (SSSR count). The maximum absolute atomic E-state index is 13.3. The summed E-state index contributed by atoms with van der Waals surface area (Å²) in [6.07, 6.45) is 0.775. The minimum atomic E-state index is -0.957. The minimum Gasteiger partial charge on any atom is -0.505 e. The molecule has 0 aliphatic carbocycles. The van der Waals surface area contributed by atoms with Crippen molar-refractivity contribution < 1.29 is 19.4 Å². The molecule has 1 aromatic carbocycles. The topological polar surface area (TPSA) is 57.5 Å². The number of benzene rings is 1. The second-order valence-electron chi connectivity index (χ2n) is 3.88. The van der Waals surface area contributed by atoms with Gasteiger partial charge in [-0.2, -0.15) is 0 Å². The number of aromatic hydroxyl groups is 1. The lowest BCUT2D eigenvalue weighted by Crippen LogP contribution is -2.12. The van der Waals surface area contributed by atoms with E-state index in [0.717, 1.165) is 5.56 Å². The van der Waals surface area contributed by atoms with Crippen molar-refractivity contribution in [3.63, 3.8) is 0 Å². The first-order valence-electron chi connectivity index (χ1n) is 5.18. The van der Waals surface area contributed by atoms with Crippen LogP contribution in [0.3, 0.4) is 0 Å². The zero-order chi connectivity index (χ0) is 12.3. The second kappa shape index (κ2) is 4.96. The Bertz CT molecular complexity index is 401. The molecule has 0 spiro atoms. The van der Waals surface area contributed by atoms with E-state index in [-0.39, 0.29) is 6.42 Å². The molecule has 16 heavy (non-hydrogen) atoms. The summed E-state index contributed by atoms with van der Waals surface area (Å²) in [4.78, 5) is 10.7. The molecule has 1 aromatic rings. The standard InChI is InChI=1S/C12H15FO3/c1-3-8-5-9(4-7(2)12(15)16)11(14)10(13)6-8/h5-7,14H,3-4H2,1-2H3,(H,15,16). The van der Waals surface area contributed by atoms with Gasteiger partial charge in [0.2, 0.25) is 0 Å². The Morgan fingerprint density at radius 1 is 1.50 bits per heavy atom. The number of carbonyl (C=O) groups is 1. The molecule has 0 heterocycles. The highest BCUT2D eigenvalue weighted by atomic mass is 19.1. The highest BCUT2D eigenvalue weighted by molar-refractivity contribution is 5.70. The lowest BCUT2D eigenvalue weighted by atomic mass is 9.98. The second-order valence-corrected chi connectivity index (χ2v) is 3.88. The molecule has 1 atom stereocenters. The Morgan fingerprint density at radius 3 is 2.62 bits per heavy atom. The van der Waals surface area contributed by atoms with Crippen molar-refractivity contribution in [2.75, 3.05) is 0 Å². The van der Waals surface area contributed by atoms with Crippen LogP contribution >= 0.6 is 0 Å². The van der Waals surface area contributed by atoms with Gasteiger partial charge in [0.15, 0.2) is 11.6 Å². The van der Waals surface area contributed by atoms with Crippen LogP contribution in [0, 0.1) is 11.7 Å². The quantitative estimate of drug-likeness (QED) is 0.828. The molecule has 0 fully saturated rings. The Labute approximate surface area is 93.5 Å². The van der Waals surface area contributed by atoms with Crippen molar-refractivity contribution in [1.29, 1.82) is 0 Å². The SMILES string of the molecule is CCc1cc(F)c(O)c(CC(C)C(=O)O)c1. The van der Waals surface area contributed by atoms with Crippen LogP contribution in [0.2, 0.25) is 0 Å². The molecule has 0 aliphatic heterocycles. The van der Waals surface area contributed by atoms with Crippen LogP contribution in [-0.2, 0) is 17.6 Å². The first-order chi connectivity index (χ1) is 7.45. The van der Waals surface area contributed by atoms with Crippen LogP contribution in [0.15, 0.2) is 12.1 Å². The first kappa shape index (κ1) is 12.5. The summed E-state index contributed by atoms with van der Waals surface area (Å²) in [6.45, 7) is 3.40. The van der Waals surface area contributed by atoms with Crippen LogP contribution in [0.5, 0.6) is 5.75 Å². The number of halogens is 1. The monoisotopic (exact) mass is 226 g/mol. The molecule has 3 nitrogen and oxygen atoms in total. The average Bonchev–Trinajstić information content (AvgIpc) is 2.24. The molecule has 2 N–H and O–H groups in total. The molecule has 0 saturated carbocycles. The molecule has 4 heteroatoms. The van der Waals surface area contributed by atoms with Crippen molar-refractivity contribution in [2.45, 2.75) is 26.7 Å². The van der Waals surface area contributed by atoms with Crippen molar-refractivity contribution in [3.8, 4) is 5.75 Å². The summed E-state index contributed by atoms with van der Waals surface area (Å²) in [5, 5.41) is 18.2. The van der Waals surface area contributed by atoms with Crippen LogP contribution in [0.25, 0.3) is 0 Å². The van der Waals surface area contributed by atoms with E-state index in [1.165, 1.54) is 13.0 Å². The van der Waals surface area contributed by atoms with E-state index in [2.05, 4.69) is 0 Å². The summed E-state index contributed by atoms with van der Waals surface area (Å²) in [7, 11) is 0. The van der Waals surface area contributed by atoms with Gasteiger partial charge < -0.3 is 10.2 Å². The zero-order valence-corrected chi connectivity index (χ0v) is 9.33. The normalized spacial score (nSPS) is 12.4. The molecular weight excluding hydrogens is 211 g/mol. The van der Waals surface area contributed by atoms with E-state index in [9.17, 15) is 14.3 Å². The fourth-order valence-corrected chi connectivity index (χ4v) is 1.50. The third-order valence-corrected chi connectivity index (χ3v) is 2.56. The lowest BCUT2D eigenvalue weighted by Gasteiger charge is -2.10. The molecule has 1 unspecified atom stereocenters. The first-order valence-corrected chi connectivity index (χ1v) is 5.18. The molecule has 0 saturated heterocycles. The maximum atomic E-state index is 13.3. The van der Waals surface area contributed by atoms with Gasteiger partial charge in [-0.15, -0.1) is 0 Å². The summed E-state index contributed by atoms with van der Waals surface area (Å²) >= 11 is 0. The lowest BCUT2D eigenvalue weighted by molar-refractivity contribution is -0.141. The van der Waals surface area contributed by atoms with E-state index in [1.807, 2.05) is 6.92 Å². The Hall–Kier alpha value is -1.58. The highest BCUT2D eigenvalue weighted by Gasteiger charge is 2.16. The molecule has 0 aromatic heterocycles. The molecular formula is C12H15FO3. The van der Waals surface area contributed by atoms with E-state index in [1.54, 1.807) is 6.07 Å². The smallest absolute Gasteiger partial charge is 0.306 e. The van der Waals surface area contributed by atoms with Crippen LogP contribution in [0.1, 0.15) is 25.0 Å². The predicted molar refractivity (Wildman–Crippen MR) is 57.9 cm³/mol. The van der Waals surface area contributed by atoms with E-state index in [0.29, 0.717) is 12.0 Å². The summed E-state index contributed by atoms with van der Waals surface area (Å²) in [5.41, 5.74) is 1.11. The third-order valence-electron chi connectivity index (χ3n) is 2.56. The fraction of sp³-hybridized carbons (Fsp3) is 0.417. The number of aryl methyl sites for hydroxylation is 1. The summed E-state index contributed by atoms with van der Waals surface area (Å²) in [5.74, 6) is -2.73. The Morgan fingerprint density at radius 2 is 2.12 bits per heavy atom. The van der Waals surface area contributed by atoms with Gasteiger partial charge >= 0.3 is 5.97 Å². The largest absolute Gasteiger partial charge is 0.505 e. The number of hydrogen-bond donors (Lipinski definition) is 2. The van der Waals surface area contributed by atoms with Gasteiger partial charge in [-0.1, -0.05) is 19.9 Å². The Balaban J connectivity index is 3.03. The summed E-state index contributed by atoms with van der Waals surface area (Å²) in [6, 6.07) is 2.92. The molecule has 0 amide bonds. The number of phenolic OH excluding ortho intramolecular Hbond substituents is 1. The van der Waals surface area contributed by atoms with Gasteiger partial charge in [0.05, 0.1) is 5.92 Å². The van der Waals surface area contributed by atoms with Crippen molar-refractivity contribution >= 4 is 5.97 Å². The van der Waals surface area contributed by atoms with Crippen LogP contribution in [-0.4, -0.2) is 16.2 Å². The highest BCUT2D eigenvalue weighted by Crippen LogP contribution is 2.26. The molecule has 0 bridgehead atoms. The summed E-state index contributed by atoms with van der Waals surface area (Å²) < 4.78 is 13.3. The zero-order valence-electron chi connectivity index (χ0n) is 9.33. The number of carboxylic acid groups (broad SMARTS) is 1. The van der Waals surface area contributed by atoms with Gasteiger partial charge in [-0.3, -0.25) is 4.79 Å². The van der Waals surface area contributed by atoms with Gasteiger partial charge in [0, 0.05) is 0 Å². The van der Waals surface area contributed by atoms with Crippen LogP contribution < -0.4 is 0 Å². The molecule has 0 aliphatic rings. The van der Waals surface area contributed by atoms with E-state index >= 15 is 0 Å². The number of aliphatic carboxylic acids is 1. The number of rotatable bonds is 4.